The van der Waals surface area contributed by atoms with Gasteiger partial charge in [0, 0.05) is 47.5 Å². The van der Waals surface area contributed by atoms with E-state index in [0.29, 0.717) is 30.2 Å². The van der Waals surface area contributed by atoms with Crippen molar-refractivity contribution in [3.8, 4) is 34.2 Å². The molecule has 1 saturated heterocycles. The summed E-state index contributed by atoms with van der Waals surface area (Å²) in [5.74, 6) is 0.740. The summed E-state index contributed by atoms with van der Waals surface area (Å²) in [6, 6.07) is 38.6. The van der Waals surface area contributed by atoms with Crippen LogP contribution in [0, 0.1) is 18.3 Å². The number of nitriles is 1. The van der Waals surface area contributed by atoms with Crippen LogP contribution in [-0.2, 0) is 18.4 Å². The van der Waals surface area contributed by atoms with Crippen molar-refractivity contribution in [2.75, 3.05) is 6.61 Å². The van der Waals surface area contributed by atoms with Gasteiger partial charge in [-0.25, -0.2) is 14.7 Å². The highest BCUT2D eigenvalue weighted by Crippen LogP contribution is 2.46. The van der Waals surface area contributed by atoms with Gasteiger partial charge in [-0.15, -0.1) is 5.10 Å². The Bertz CT molecular complexity index is 2380. The summed E-state index contributed by atoms with van der Waals surface area (Å²) >= 11 is 0. The van der Waals surface area contributed by atoms with Gasteiger partial charge in [0.1, 0.15) is 35.5 Å². The molecule has 1 aliphatic rings. The van der Waals surface area contributed by atoms with E-state index in [1.165, 1.54) is 0 Å². The molecule has 0 bridgehead atoms. The summed E-state index contributed by atoms with van der Waals surface area (Å²) in [7, 11) is 1.94. The van der Waals surface area contributed by atoms with Gasteiger partial charge in [-0.1, -0.05) is 108 Å². The quantitative estimate of drug-likeness (QED) is 0.141. The fourth-order valence-electron chi connectivity index (χ4n) is 6.89. The molecule has 9 nitrogen and oxygen atoms in total. The lowest BCUT2D eigenvalue weighted by molar-refractivity contribution is -0.0404. The van der Waals surface area contributed by atoms with Gasteiger partial charge in [0.2, 0.25) is 0 Å². The fraction of sp³-hybridized carbons (Fsp3) is 0.186. The smallest absolute Gasteiger partial charge is 0.169 e. The van der Waals surface area contributed by atoms with Crippen molar-refractivity contribution in [3.63, 3.8) is 0 Å². The Hall–Kier alpha value is -6.37. The summed E-state index contributed by atoms with van der Waals surface area (Å²) in [5.41, 5.74) is 9.05. The predicted octanol–water partition coefficient (Wildman–Crippen LogP) is 9.13. The van der Waals surface area contributed by atoms with Crippen LogP contribution in [0.2, 0.25) is 0 Å². The van der Waals surface area contributed by atoms with Crippen LogP contribution in [0.1, 0.15) is 53.4 Å². The van der Waals surface area contributed by atoms with Crippen molar-refractivity contribution < 1.29 is 9.47 Å². The molecule has 256 valence electrons. The zero-order valence-corrected chi connectivity index (χ0v) is 29.1. The number of benzene rings is 4. The van der Waals surface area contributed by atoms with Crippen molar-refractivity contribution in [2.24, 2.45) is 12.0 Å². The SMILES string of the molecule is Cc1c(OCc2ccccc2)cccc1-c1c(N=C(c2ccccc2)c2ccccc2)c(C#N)nc2c1c(-c1cn(C3CCCCO3)nn1)cn2C. The maximum atomic E-state index is 10.7. The van der Waals surface area contributed by atoms with Gasteiger partial charge < -0.3 is 14.0 Å². The van der Waals surface area contributed by atoms with Crippen molar-refractivity contribution in [1.82, 2.24) is 24.5 Å². The predicted molar refractivity (Wildman–Crippen MR) is 202 cm³/mol. The Morgan fingerprint density at radius 1 is 0.885 bits per heavy atom. The molecule has 1 fully saturated rings. The number of hydrogen-bond acceptors (Lipinski definition) is 7. The maximum absolute atomic E-state index is 10.7. The first kappa shape index (κ1) is 32.8. The lowest BCUT2D eigenvalue weighted by Gasteiger charge is -2.21. The molecule has 3 aromatic heterocycles. The van der Waals surface area contributed by atoms with E-state index in [1.54, 1.807) is 0 Å². The molecule has 0 radical (unpaired) electrons. The number of rotatable bonds is 9. The Morgan fingerprint density at radius 2 is 1.60 bits per heavy atom. The summed E-state index contributed by atoms with van der Waals surface area (Å²) in [6.45, 7) is 3.17. The van der Waals surface area contributed by atoms with Gasteiger partial charge in [-0.2, -0.15) is 5.26 Å². The van der Waals surface area contributed by atoms with Gasteiger partial charge in [-0.05, 0) is 48.9 Å². The summed E-state index contributed by atoms with van der Waals surface area (Å²) in [6.07, 6.45) is 6.79. The zero-order chi connectivity index (χ0) is 35.4. The molecule has 0 spiro atoms. The molecule has 1 aliphatic heterocycles. The van der Waals surface area contributed by atoms with Crippen LogP contribution in [0.15, 0.2) is 127 Å². The van der Waals surface area contributed by atoms with Crippen LogP contribution in [0.3, 0.4) is 0 Å². The number of pyridine rings is 1. The molecule has 0 aliphatic carbocycles. The van der Waals surface area contributed by atoms with Crippen LogP contribution in [0.5, 0.6) is 5.75 Å². The van der Waals surface area contributed by atoms with Crippen molar-refractivity contribution in [3.05, 3.63) is 150 Å². The molecule has 0 N–H and O–H groups in total. The molecule has 0 saturated carbocycles. The molecule has 1 unspecified atom stereocenters. The standard InChI is InChI=1S/C43H37N7O2/c1-29-33(21-14-22-37(29)52-28-30-15-6-3-7-16-30)39-40-34(36-27-50(48-47-36)38-23-12-13-24-51-38)26-49(2)43(40)45-35(25-44)42(39)46-41(31-17-8-4-9-18-31)32-19-10-5-11-20-32/h3-11,14-22,26-27,38H,12-13,23-24,28H2,1-2H3. The zero-order valence-electron chi connectivity index (χ0n) is 29.1. The number of aromatic nitrogens is 5. The van der Waals surface area contributed by atoms with Crippen molar-refractivity contribution in [1.29, 1.82) is 5.26 Å². The fourth-order valence-corrected chi connectivity index (χ4v) is 6.89. The number of aryl methyl sites for hydroxylation is 1. The largest absolute Gasteiger partial charge is 0.489 e. The molecule has 4 aromatic carbocycles. The van der Waals surface area contributed by atoms with Crippen LogP contribution in [0.4, 0.5) is 5.69 Å². The molecule has 0 amide bonds. The lowest BCUT2D eigenvalue weighted by atomic mass is 9.93. The third kappa shape index (κ3) is 6.36. The van der Waals surface area contributed by atoms with Gasteiger partial charge in [0.15, 0.2) is 11.9 Å². The number of fused-ring (bicyclic) bond motifs is 1. The average molecular weight is 684 g/mol. The van der Waals surface area contributed by atoms with E-state index >= 15 is 0 Å². The first-order valence-corrected chi connectivity index (χ1v) is 17.5. The highest BCUT2D eigenvalue weighted by molar-refractivity contribution is 6.16. The number of aliphatic imine (C=N–C) groups is 1. The van der Waals surface area contributed by atoms with E-state index < -0.39 is 0 Å². The molecule has 8 rings (SSSR count). The summed E-state index contributed by atoms with van der Waals surface area (Å²) in [5, 5.41) is 20.7. The molecule has 52 heavy (non-hydrogen) atoms. The second-order valence-electron chi connectivity index (χ2n) is 12.9. The lowest BCUT2D eigenvalue weighted by Crippen LogP contribution is -2.18. The summed E-state index contributed by atoms with van der Waals surface area (Å²) < 4.78 is 16.2. The van der Waals surface area contributed by atoms with E-state index in [-0.39, 0.29) is 11.9 Å². The normalized spacial score (nSPS) is 14.2. The second kappa shape index (κ2) is 14.5. The maximum Gasteiger partial charge on any atom is 0.169 e. The van der Waals surface area contributed by atoms with Crippen LogP contribution < -0.4 is 4.74 Å². The highest BCUT2D eigenvalue weighted by Gasteiger charge is 2.27. The topological polar surface area (TPSA) is 103 Å². The summed E-state index contributed by atoms with van der Waals surface area (Å²) in [4.78, 5) is 10.4. The Kier molecular flexibility index (Phi) is 9.13. The average Bonchev–Trinajstić information content (AvgIpc) is 3.82. The molecule has 4 heterocycles. The molecule has 9 heteroatoms. The first-order valence-electron chi connectivity index (χ1n) is 17.5. The monoisotopic (exact) mass is 683 g/mol. The molecular formula is C43H37N7O2. The van der Waals surface area contributed by atoms with E-state index in [1.807, 2.05) is 132 Å². The van der Waals surface area contributed by atoms with Crippen molar-refractivity contribution >= 4 is 22.4 Å². The van der Waals surface area contributed by atoms with E-state index in [2.05, 4.69) is 29.4 Å². The second-order valence-corrected chi connectivity index (χ2v) is 12.9. The van der Waals surface area contributed by atoms with Crippen molar-refractivity contribution in [2.45, 2.75) is 39.0 Å². The van der Waals surface area contributed by atoms with Gasteiger partial charge in [0.25, 0.3) is 0 Å². The minimum absolute atomic E-state index is 0.159. The highest BCUT2D eigenvalue weighted by atomic mass is 16.5. The van der Waals surface area contributed by atoms with Gasteiger partial charge >= 0.3 is 0 Å². The Labute approximate surface area is 302 Å². The van der Waals surface area contributed by atoms with E-state index in [0.717, 1.165) is 75.1 Å². The molecule has 1 atom stereocenters. The van der Waals surface area contributed by atoms with Crippen LogP contribution >= 0.6 is 0 Å². The van der Waals surface area contributed by atoms with E-state index in [9.17, 15) is 5.26 Å². The number of nitrogens with zero attached hydrogens (tertiary/aromatic N) is 7. The molecule has 7 aromatic rings. The molecular weight excluding hydrogens is 647 g/mol. The number of hydrogen-bond donors (Lipinski definition) is 0. The minimum Gasteiger partial charge on any atom is -0.489 e. The Balaban J connectivity index is 1.40. The minimum atomic E-state index is -0.159. The van der Waals surface area contributed by atoms with Gasteiger partial charge in [0.05, 0.1) is 11.9 Å². The Morgan fingerprint density at radius 3 is 2.27 bits per heavy atom. The van der Waals surface area contributed by atoms with E-state index in [4.69, 9.17) is 19.5 Å². The van der Waals surface area contributed by atoms with Crippen LogP contribution in [0.25, 0.3) is 33.4 Å². The third-order valence-corrected chi connectivity index (χ3v) is 9.53. The third-order valence-electron chi connectivity index (χ3n) is 9.53. The first-order chi connectivity index (χ1) is 25.6. The van der Waals surface area contributed by atoms with Crippen LogP contribution in [-0.4, -0.2) is 36.9 Å². The number of ether oxygens (including phenoxy) is 2. The van der Waals surface area contributed by atoms with Gasteiger partial charge in [-0.3, -0.25) is 0 Å².